The van der Waals surface area contributed by atoms with Gasteiger partial charge in [0.25, 0.3) is 0 Å². The number of amides is 1. The fraction of sp³-hybridized carbons (Fsp3) is 0.0714. The fourth-order valence-corrected chi connectivity index (χ4v) is 2.16. The molecule has 0 aliphatic carbocycles. The molecule has 2 aromatic rings. The van der Waals surface area contributed by atoms with Gasteiger partial charge in [-0.05, 0) is 33.6 Å². The predicted octanol–water partition coefficient (Wildman–Crippen LogP) is 3.74. The number of nitrogens with one attached hydrogen (secondary N) is 1. The summed E-state index contributed by atoms with van der Waals surface area (Å²) in [5, 5.41) is 3.29. The lowest BCUT2D eigenvalue weighted by molar-refractivity contribution is -0.117. The Morgan fingerprint density at radius 1 is 1.16 bits per heavy atom. The van der Waals surface area contributed by atoms with Crippen LogP contribution in [0.3, 0.4) is 0 Å². The van der Waals surface area contributed by atoms with Gasteiger partial charge in [-0.1, -0.05) is 48.0 Å². The van der Waals surface area contributed by atoms with Crippen molar-refractivity contribution in [2.75, 3.05) is 5.32 Å². The molecule has 0 unspecified atom stereocenters. The highest BCUT2D eigenvalue weighted by Crippen LogP contribution is 2.30. The van der Waals surface area contributed by atoms with E-state index in [9.17, 15) is 4.79 Å². The molecule has 0 aromatic heterocycles. The van der Waals surface area contributed by atoms with Crippen LogP contribution in [0.2, 0.25) is 5.02 Å². The molecule has 0 aliphatic heterocycles. The van der Waals surface area contributed by atoms with Crippen molar-refractivity contribution in [3.63, 3.8) is 0 Å². The predicted molar refractivity (Wildman–Crippen MR) is 81.2 cm³/mol. The minimum Gasteiger partial charge on any atom is -0.323 e. The average Bonchev–Trinajstić information content (AvgIpc) is 2.44. The number of hydrogen-bond acceptors (Lipinski definition) is 2. The molecule has 3 nitrogen and oxygen atoms in total. The zero-order chi connectivity index (χ0) is 13.8. The lowest BCUT2D eigenvalue weighted by atomic mass is 10.1. The maximum atomic E-state index is 12.1. The third kappa shape index (κ3) is 3.35. The second kappa shape index (κ2) is 6.19. The SMILES string of the molecule is N[C@@H](C(=O)Nc1cccc(Cl)c1Br)c1ccccc1. The zero-order valence-electron chi connectivity index (χ0n) is 9.94. The summed E-state index contributed by atoms with van der Waals surface area (Å²) in [6, 6.07) is 13.7. The molecule has 98 valence electrons. The van der Waals surface area contributed by atoms with E-state index in [-0.39, 0.29) is 5.91 Å². The highest BCUT2D eigenvalue weighted by molar-refractivity contribution is 9.10. The lowest BCUT2D eigenvalue weighted by Gasteiger charge is -2.14. The molecule has 0 radical (unpaired) electrons. The molecule has 0 fully saturated rings. The molecule has 19 heavy (non-hydrogen) atoms. The van der Waals surface area contributed by atoms with E-state index < -0.39 is 6.04 Å². The van der Waals surface area contributed by atoms with Crippen molar-refractivity contribution in [3.05, 3.63) is 63.6 Å². The molecule has 0 bridgehead atoms. The van der Waals surface area contributed by atoms with E-state index in [4.69, 9.17) is 17.3 Å². The number of benzene rings is 2. The van der Waals surface area contributed by atoms with Crippen molar-refractivity contribution in [2.24, 2.45) is 5.73 Å². The molecular weight excluding hydrogens is 328 g/mol. The van der Waals surface area contributed by atoms with Crippen LogP contribution < -0.4 is 11.1 Å². The Balaban J connectivity index is 2.15. The molecule has 0 aliphatic rings. The van der Waals surface area contributed by atoms with E-state index in [1.54, 1.807) is 18.2 Å². The zero-order valence-corrected chi connectivity index (χ0v) is 12.3. The number of nitrogens with two attached hydrogens (primary N) is 1. The van der Waals surface area contributed by atoms with Crippen LogP contribution in [-0.2, 0) is 4.79 Å². The number of anilines is 1. The maximum absolute atomic E-state index is 12.1. The molecule has 0 saturated heterocycles. The van der Waals surface area contributed by atoms with Crippen molar-refractivity contribution < 1.29 is 4.79 Å². The first-order valence-electron chi connectivity index (χ1n) is 5.65. The second-order valence-corrected chi connectivity index (χ2v) is 5.18. The summed E-state index contributed by atoms with van der Waals surface area (Å²) >= 11 is 9.29. The van der Waals surface area contributed by atoms with Gasteiger partial charge in [-0.15, -0.1) is 0 Å². The van der Waals surface area contributed by atoms with Gasteiger partial charge >= 0.3 is 0 Å². The highest BCUT2D eigenvalue weighted by atomic mass is 79.9. The molecule has 1 atom stereocenters. The summed E-state index contributed by atoms with van der Waals surface area (Å²) in [5.41, 5.74) is 7.28. The van der Waals surface area contributed by atoms with Gasteiger partial charge < -0.3 is 11.1 Å². The van der Waals surface area contributed by atoms with Crippen LogP contribution in [-0.4, -0.2) is 5.91 Å². The first kappa shape index (κ1) is 14.1. The van der Waals surface area contributed by atoms with E-state index in [1.165, 1.54) is 0 Å². The van der Waals surface area contributed by atoms with Gasteiger partial charge in [0.1, 0.15) is 6.04 Å². The van der Waals surface area contributed by atoms with Crippen LogP contribution in [0.1, 0.15) is 11.6 Å². The Hall–Kier alpha value is -1.36. The maximum Gasteiger partial charge on any atom is 0.245 e. The van der Waals surface area contributed by atoms with E-state index >= 15 is 0 Å². The molecule has 2 aromatic carbocycles. The third-order valence-corrected chi connectivity index (χ3v) is 4.05. The van der Waals surface area contributed by atoms with Crippen molar-refractivity contribution in [3.8, 4) is 0 Å². The molecule has 0 spiro atoms. The van der Waals surface area contributed by atoms with Gasteiger partial charge in [-0.25, -0.2) is 0 Å². The van der Waals surface area contributed by atoms with Crippen molar-refractivity contribution in [1.29, 1.82) is 0 Å². The van der Waals surface area contributed by atoms with Crippen LogP contribution in [0.5, 0.6) is 0 Å². The summed E-state index contributed by atoms with van der Waals surface area (Å²) in [7, 11) is 0. The van der Waals surface area contributed by atoms with Gasteiger partial charge in [0.05, 0.1) is 15.2 Å². The van der Waals surface area contributed by atoms with E-state index in [2.05, 4.69) is 21.2 Å². The minimum atomic E-state index is -0.716. The van der Waals surface area contributed by atoms with Crippen LogP contribution in [0, 0.1) is 0 Å². The van der Waals surface area contributed by atoms with Gasteiger partial charge in [0, 0.05) is 0 Å². The highest BCUT2D eigenvalue weighted by Gasteiger charge is 2.16. The summed E-state index contributed by atoms with van der Waals surface area (Å²) in [6.45, 7) is 0. The van der Waals surface area contributed by atoms with Crippen LogP contribution >= 0.6 is 27.5 Å². The molecule has 1 amide bonds. The summed E-state index contributed by atoms with van der Waals surface area (Å²) in [6.07, 6.45) is 0. The largest absolute Gasteiger partial charge is 0.323 e. The van der Waals surface area contributed by atoms with Crippen molar-refractivity contribution >= 4 is 39.1 Å². The Bertz CT molecular complexity index is 589. The van der Waals surface area contributed by atoms with Crippen LogP contribution in [0.15, 0.2) is 53.0 Å². The molecule has 5 heteroatoms. The number of hydrogen-bond donors (Lipinski definition) is 2. The molecule has 3 N–H and O–H groups in total. The number of rotatable bonds is 3. The normalized spacial score (nSPS) is 11.9. The van der Waals surface area contributed by atoms with E-state index in [0.29, 0.717) is 15.2 Å². The van der Waals surface area contributed by atoms with Crippen LogP contribution in [0.25, 0.3) is 0 Å². The van der Waals surface area contributed by atoms with Gasteiger partial charge in [0.2, 0.25) is 5.91 Å². The van der Waals surface area contributed by atoms with Gasteiger partial charge in [-0.2, -0.15) is 0 Å². The molecule has 0 heterocycles. The van der Waals surface area contributed by atoms with E-state index in [1.807, 2.05) is 30.3 Å². The first-order valence-corrected chi connectivity index (χ1v) is 6.82. The molecular formula is C14H12BrClN2O. The quantitative estimate of drug-likeness (QED) is 0.895. The molecule has 0 saturated carbocycles. The fourth-order valence-electron chi connectivity index (χ4n) is 1.62. The monoisotopic (exact) mass is 338 g/mol. The van der Waals surface area contributed by atoms with E-state index in [0.717, 1.165) is 5.56 Å². The summed E-state index contributed by atoms with van der Waals surface area (Å²) in [4.78, 5) is 12.1. The topological polar surface area (TPSA) is 55.1 Å². The Morgan fingerprint density at radius 3 is 2.53 bits per heavy atom. The minimum absolute atomic E-state index is 0.283. The average molecular weight is 340 g/mol. The Labute approximate surface area is 124 Å². The summed E-state index contributed by atoms with van der Waals surface area (Å²) in [5.74, 6) is -0.283. The second-order valence-electron chi connectivity index (χ2n) is 3.98. The standard InChI is InChI=1S/C14H12BrClN2O/c15-12-10(16)7-4-8-11(12)18-14(19)13(17)9-5-2-1-3-6-9/h1-8,13H,17H2,(H,18,19)/t13-/m1/s1. The smallest absolute Gasteiger partial charge is 0.245 e. The number of carbonyl (C=O) groups is 1. The van der Waals surface area contributed by atoms with Gasteiger partial charge in [0.15, 0.2) is 0 Å². The van der Waals surface area contributed by atoms with Crippen molar-refractivity contribution in [2.45, 2.75) is 6.04 Å². The Morgan fingerprint density at radius 2 is 1.84 bits per heavy atom. The first-order chi connectivity index (χ1) is 9.09. The molecule has 2 rings (SSSR count). The Kier molecular flexibility index (Phi) is 4.58. The number of carbonyl (C=O) groups excluding carboxylic acids is 1. The van der Waals surface area contributed by atoms with Crippen LogP contribution in [0.4, 0.5) is 5.69 Å². The summed E-state index contributed by atoms with van der Waals surface area (Å²) < 4.78 is 0.644. The van der Waals surface area contributed by atoms with Gasteiger partial charge in [-0.3, -0.25) is 4.79 Å². The number of halogens is 2. The van der Waals surface area contributed by atoms with Crippen molar-refractivity contribution in [1.82, 2.24) is 0 Å². The third-order valence-electron chi connectivity index (χ3n) is 2.65. The lowest BCUT2D eigenvalue weighted by Crippen LogP contribution is -2.27.